The van der Waals surface area contributed by atoms with Crippen LogP contribution in [0.15, 0.2) is 60.7 Å². The zero-order valence-corrected chi connectivity index (χ0v) is 18.5. The quantitative estimate of drug-likeness (QED) is 0.446. The summed E-state index contributed by atoms with van der Waals surface area (Å²) in [6, 6.07) is 18.1. The largest absolute Gasteiger partial charge is 0.453 e. The number of nitriles is 1. The van der Waals surface area contributed by atoms with Crippen LogP contribution in [-0.4, -0.2) is 30.6 Å². The van der Waals surface area contributed by atoms with Crippen LogP contribution in [0.2, 0.25) is 0 Å². The molecule has 2 aromatic carbocycles. The van der Waals surface area contributed by atoms with Crippen molar-refractivity contribution < 1.29 is 18.7 Å². The molecule has 0 aliphatic rings. The predicted octanol–water partition coefficient (Wildman–Crippen LogP) is 3.69. The van der Waals surface area contributed by atoms with Crippen molar-refractivity contribution in [1.82, 2.24) is 10.3 Å². The van der Waals surface area contributed by atoms with Gasteiger partial charge in [-0.1, -0.05) is 36.4 Å². The summed E-state index contributed by atoms with van der Waals surface area (Å²) < 4.78 is 18.2. The fourth-order valence-electron chi connectivity index (χ4n) is 3.51. The number of alkyl carbamates (subject to hydrolysis) is 1. The molecule has 1 heterocycles. The van der Waals surface area contributed by atoms with Crippen molar-refractivity contribution in [1.29, 1.82) is 5.26 Å². The van der Waals surface area contributed by atoms with Gasteiger partial charge >= 0.3 is 6.09 Å². The van der Waals surface area contributed by atoms with Crippen LogP contribution in [0.1, 0.15) is 29.2 Å². The van der Waals surface area contributed by atoms with Crippen molar-refractivity contribution in [3.8, 4) is 17.3 Å². The number of anilines is 1. The average molecular weight is 461 g/mol. The number of carbonyl (C=O) groups is 2. The number of aromatic nitrogens is 1. The number of nitrogens with one attached hydrogen (secondary N) is 2. The topological polar surface area (TPSA) is 130 Å². The number of pyridine rings is 1. The van der Waals surface area contributed by atoms with E-state index in [0.717, 1.165) is 5.56 Å². The molecule has 1 atom stereocenters. The van der Waals surface area contributed by atoms with E-state index in [1.165, 1.54) is 19.2 Å². The van der Waals surface area contributed by atoms with Gasteiger partial charge in [-0.2, -0.15) is 5.26 Å². The van der Waals surface area contributed by atoms with Crippen molar-refractivity contribution in [3.63, 3.8) is 0 Å². The number of amides is 2. The van der Waals surface area contributed by atoms with E-state index in [-0.39, 0.29) is 12.2 Å². The Labute approximate surface area is 196 Å². The van der Waals surface area contributed by atoms with Crippen LogP contribution in [0, 0.1) is 17.1 Å². The molecule has 0 spiro atoms. The second kappa shape index (κ2) is 11.4. The monoisotopic (exact) mass is 461 g/mol. The summed E-state index contributed by atoms with van der Waals surface area (Å²) >= 11 is 0. The van der Waals surface area contributed by atoms with E-state index in [9.17, 15) is 19.2 Å². The second-order valence-corrected chi connectivity index (χ2v) is 7.46. The molecule has 3 rings (SSSR count). The van der Waals surface area contributed by atoms with Crippen LogP contribution in [0.25, 0.3) is 11.3 Å². The standard InChI is InChI=1S/C25H24FN5O3/c1-34-25(33)31-22(14-23(28)32)20-9-10-21(19-8-3-2-6-17(19)15-27)30-24(20)29-12-11-16-5-4-7-18(26)13-16/h2-10,13,22H,11-12,14H2,1H3,(H2,28,32)(H,29,30)(H,31,33). The lowest BCUT2D eigenvalue weighted by molar-refractivity contribution is -0.118. The number of hydrogen-bond acceptors (Lipinski definition) is 6. The number of primary amides is 1. The highest BCUT2D eigenvalue weighted by Crippen LogP contribution is 2.29. The maximum Gasteiger partial charge on any atom is 0.407 e. The first-order valence-corrected chi connectivity index (χ1v) is 10.5. The lowest BCUT2D eigenvalue weighted by Crippen LogP contribution is -2.32. The number of ether oxygens (including phenoxy) is 1. The minimum atomic E-state index is -0.797. The van der Waals surface area contributed by atoms with E-state index in [2.05, 4.69) is 26.4 Å². The van der Waals surface area contributed by atoms with Gasteiger partial charge in [0.15, 0.2) is 0 Å². The molecule has 0 aliphatic carbocycles. The third-order valence-corrected chi connectivity index (χ3v) is 5.10. The van der Waals surface area contributed by atoms with Gasteiger partial charge in [-0.25, -0.2) is 14.2 Å². The van der Waals surface area contributed by atoms with E-state index in [4.69, 9.17) is 5.73 Å². The minimum absolute atomic E-state index is 0.177. The maximum atomic E-state index is 13.5. The second-order valence-electron chi connectivity index (χ2n) is 7.46. The first-order chi connectivity index (χ1) is 16.4. The number of nitrogens with two attached hydrogens (primary N) is 1. The molecule has 2 amide bonds. The number of hydrogen-bond donors (Lipinski definition) is 3. The number of rotatable bonds is 9. The van der Waals surface area contributed by atoms with Crippen LogP contribution in [0.5, 0.6) is 0 Å². The molecule has 1 unspecified atom stereocenters. The summed E-state index contributed by atoms with van der Waals surface area (Å²) in [5.74, 6) is -0.550. The van der Waals surface area contributed by atoms with Gasteiger partial charge < -0.3 is 21.1 Å². The van der Waals surface area contributed by atoms with E-state index < -0.39 is 18.0 Å². The number of methoxy groups -OCH3 is 1. The summed E-state index contributed by atoms with van der Waals surface area (Å²) in [5.41, 5.74) is 8.33. The van der Waals surface area contributed by atoms with Gasteiger partial charge in [0.2, 0.25) is 5.91 Å². The Morgan fingerprint density at radius 2 is 1.97 bits per heavy atom. The Morgan fingerprint density at radius 1 is 1.18 bits per heavy atom. The molecule has 0 radical (unpaired) electrons. The Kier molecular flexibility index (Phi) is 8.13. The third-order valence-electron chi connectivity index (χ3n) is 5.10. The highest BCUT2D eigenvalue weighted by atomic mass is 19.1. The molecule has 0 fully saturated rings. The zero-order valence-electron chi connectivity index (χ0n) is 18.5. The van der Waals surface area contributed by atoms with E-state index in [1.54, 1.807) is 42.5 Å². The normalized spacial score (nSPS) is 11.2. The fourth-order valence-corrected chi connectivity index (χ4v) is 3.51. The van der Waals surface area contributed by atoms with Crippen LogP contribution >= 0.6 is 0 Å². The molecule has 0 bridgehead atoms. The molecule has 3 aromatic rings. The summed E-state index contributed by atoms with van der Waals surface area (Å²) in [5, 5.41) is 15.3. The van der Waals surface area contributed by atoms with Gasteiger partial charge in [-0.3, -0.25) is 4.79 Å². The third kappa shape index (κ3) is 6.29. The summed E-state index contributed by atoms with van der Waals surface area (Å²) in [6.07, 6.45) is -0.400. The molecule has 9 heteroatoms. The predicted molar refractivity (Wildman–Crippen MR) is 125 cm³/mol. The fraction of sp³-hybridized carbons (Fsp3) is 0.200. The van der Waals surface area contributed by atoms with E-state index >= 15 is 0 Å². The summed E-state index contributed by atoms with van der Waals surface area (Å²) in [4.78, 5) is 28.3. The van der Waals surface area contributed by atoms with Crippen LogP contribution in [0.3, 0.4) is 0 Å². The number of halogens is 1. The van der Waals surface area contributed by atoms with Gasteiger partial charge in [0.1, 0.15) is 11.6 Å². The molecule has 0 saturated heterocycles. The van der Waals surface area contributed by atoms with Crippen molar-refractivity contribution in [2.24, 2.45) is 5.73 Å². The van der Waals surface area contributed by atoms with Crippen LogP contribution in [-0.2, 0) is 16.0 Å². The lowest BCUT2D eigenvalue weighted by atomic mass is 10.0. The van der Waals surface area contributed by atoms with Gasteiger partial charge in [0.05, 0.1) is 36.9 Å². The molecule has 8 nitrogen and oxygen atoms in total. The highest BCUT2D eigenvalue weighted by Gasteiger charge is 2.22. The maximum absolute atomic E-state index is 13.5. The molecule has 0 aliphatic heterocycles. The molecule has 34 heavy (non-hydrogen) atoms. The molecule has 174 valence electrons. The number of carbonyl (C=O) groups excluding carboxylic acids is 2. The highest BCUT2D eigenvalue weighted by molar-refractivity contribution is 5.77. The van der Waals surface area contributed by atoms with Crippen LogP contribution < -0.4 is 16.4 Å². The first kappa shape index (κ1) is 24.2. The van der Waals surface area contributed by atoms with Gasteiger partial charge in [0.25, 0.3) is 0 Å². The smallest absolute Gasteiger partial charge is 0.407 e. The van der Waals surface area contributed by atoms with Crippen molar-refractivity contribution in [2.45, 2.75) is 18.9 Å². The summed E-state index contributed by atoms with van der Waals surface area (Å²) in [6.45, 7) is 0.397. The van der Waals surface area contributed by atoms with Gasteiger partial charge in [-0.15, -0.1) is 0 Å². The molecule has 1 aromatic heterocycles. The Bertz CT molecular complexity index is 1230. The SMILES string of the molecule is COC(=O)NC(CC(N)=O)c1ccc(-c2ccccc2C#N)nc1NCCc1cccc(F)c1. The lowest BCUT2D eigenvalue weighted by Gasteiger charge is -2.21. The summed E-state index contributed by atoms with van der Waals surface area (Å²) in [7, 11) is 1.22. The Morgan fingerprint density at radius 3 is 2.68 bits per heavy atom. The minimum Gasteiger partial charge on any atom is -0.453 e. The van der Waals surface area contributed by atoms with Crippen molar-refractivity contribution in [3.05, 3.63) is 83.2 Å². The van der Waals surface area contributed by atoms with E-state index in [1.807, 2.05) is 6.07 Å². The van der Waals surface area contributed by atoms with Gasteiger partial charge in [0, 0.05) is 17.7 Å². The Balaban J connectivity index is 1.98. The number of benzene rings is 2. The van der Waals surface area contributed by atoms with E-state index in [0.29, 0.717) is 41.2 Å². The molecular formula is C25H24FN5O3. The van der Waals surface area contributed by atoms with Crippen molar-refractivity contribution in [2.75, 3.05) is 19.0 Å². The average Bonchev–Trinajstić information content (AvgIpc) is 2.83. The zero-order chi connectivity index (χ0) is 24.5. The first-order valence-electron chi connectivity index (χ1n) is 10.5. The molecular weight excluding hydrogens is 437 g/mol. The van der Waals surface area contributed by atoms with Gasteiger partial charge in [-0.05, 0) is 36.2 Å². The molecule has 0 saturated carbocycles. The molecule has 4 N–H and O–H groups in total. The van der Waals surface area contributed by atoms with Crippen molar-refractivity contribution >= 4 is 17.8 Å². The van der Waals surface area contributed by atoms with Crippen LogP contribution in [0.4, 0.5) is 15.0 Å². The Hall–Kier alpha value is -4.45. The number of nitrogens with zero attached hydrogens (tertiary/aromatic N) is 2.